The second-order valence-electron chi connectivity index (χ2n) is 8.58. The van der Waals surface area contributed by atoms with Gasteiger partial charge in [-0.25, -0.2) is 0 Å². The van der Waals surface area contributed by atoms with Gasteiger partial charge in [0.15, 0.2) is 0 Å². The molecule has 2 heterocycles. The Hall–Kier alpha value is -1.66. The molecule has 0 aliphatic carbocycles. The molecule has 2 fully saturated rings. The van der Waals surface area contributed by atoms with Gasteiger partial charge in [-0.05, 0) is 30.0 Å². The summed E-state index contributed by atoms with van der Waals surface area (Å²) in [7, 11) is 0. The van der Waals surface area contributed by atoms with E-state index in [-0.39, 0.29) is 19.4 Å². The maximum atomic E-state index is 10.1. The summed E-state index contributed by atoms with van der Waals surface area (Å²) in [6.07, 6.45) is -0.252. The molecule has 0 amide bonds. The van der Waals surface area contributed by atoms with Gasteiger partial charge in [0, 0.05) is 6.42 Å². The third kappa shape index (κ3) is 6.69. The van der Waals surface area contributed by atoms with Crippen molar-refractivity contribution in [1.82, 2.24) is 0 Å². The molecule has 0 bridgehead atoms. The van der Waals surface area contributed by atoms with Crippen molar-refractivity contribution in [3.8, 4) is 0 Å². The van der Waals surface area contributed by atoms with Gasteiger partial charge in [0.25, 0.3) is 0 Å². The molecule has 1 aromatic rings. The zero-order chi connectivity index (χ0) is 24.0. The zero-order valence-corrected chi connectivity index (χ0v) is 18.3. The normalized spacial score (nSPS) is 37.7. The van der Waals surface area contributed by atoms with Crippen LogP contribution < -0.4 is 0 Å². The highest BCUT2D eigenvalue weighted by Crippen LogP contribution is 2.25. The number of ether oxygens (including phenoxy) is 2. The van der Waals surface area contributed by atoms with Crippen LogP contribution in [0.1, 0.15) is 30.4 Å². The van der Waals surface area contributed by atoms with Crippen LogP contribution in [0.25, 0.3) is 12.2 Å². The summed E-state index contributed by atoms with van der Waals surface area (Å²) >= 11 is 0. The van der Waals surface area contributed by atoms with Crippen molar-refractivity contribution in [1.29, 1.82) is 0 Å². The van der Waals surface area contributed by atoms with Crippen LogP contribution >= 0.6 is 0 Å². The van der Waals surface area contributed by atoms with E-state index in [9.17, 15) is 35.7 Å². The number of benzene rings is 1. The van der Waals surface area contributed by atoms with Gasteiger partial charge >= 0.3 is 0 Å². The fraction of sp³-hybridized carbons (Fsp3) is 0.583. The highest BCUT2D eigenvalue weighted by molar-refractivity contribution is 5.57. The summed E-state index contributed by atoms with van der Waals surface area (Å²) in [5, 5.41) is 68.3. The molecule has 0 saturated carbocycles. The Balaban J connectivity index is 1.54. The van der Waals surface area contributed by atoms with Gasteiger partial charge in [0.1, 0.15) is 30.5 Å². The summed E-state index contributed by atoms with van der Waals surface area (Å²) in [5.74, 6) is 0. The van der Waals surface area contributed by atoms with E-state index in [1.165, 1.54) is 0 Å². The molecule has 9 heteroatoms. The molecule has 5 unspecified atom stereocenters. The molecule has 33 heavy (non-hydrogen) atoms. The number of aliphatic hydroxyl groups excluding tert-OH is 7. The minimum atomic E-state index is -1.38. The Kier molecular flexibility index (Phi) is 9.57. The fourth-order valence-electron chi connectivity index (χ4n) is 4.15. The third-order valence-corrected chi connectivity index (χ3v) is 6.13. The molecule has 9 atom stereocenters. The quantitative estimate of drug-likeness (QED) is 0.260. The molecule has 0 spiro atoms. The monoisotopic (exact) mass is 466 g/mol. The minimum absolute atomic E-state index is 0.165. The lowest BCUT2D eigenvalue weighted by atomic mass is 9.93. The van der Waals surface area contributed by atoms with Crippen molar-refractivity contribution in [3.05, 3.63) is 47.5 Å². The lowest BCUT2D eigenvalue weighted by molar-refractivity contribution is -0.227. The van der Waals surface area contributed by atoms with Crippen LogP contribution in [0.2, 0.25) is 0 Å². The van der Waals surface area contributed by atoms with E-state index in [2.05, 4.69) is 0 Å². The second-order valence-corrected chi connectivity index (χ2v) is 8.58. The van der Waals surface area contributed by atoms with E-state index in [1.54, 1.807) is 6.08 Å². The van der Waals surface area contributed by atoms with Crippen molar-refractivity contribution in [2.75, 3.05) is 13.2 Å². The van der Waals surface area contributed by atoms with E-state index in [1.807, 2.05) is 42.5 Å². The van der Waals surface area contributed by atoms with E-state index < -0.39 is 61.5 Å². The van der Waals surface area contributed by atoms with Crippen LogP contribution in [0.15, 0.2) is 36.4 Å². The molecule has 184 valence electrons. The summed E-state index contributed by atoms with van der Waals surface area (Å²) in [4.78, 5) is 0. The lowest BCUT2D eigenvalue weighted by Crippen LogP contribution is -2.58. The van der Waals surface area contributed by atoms with Crippen molar-refractivity contribution >= 4 is 12.2 Å². The van der Waals surface area contributed by atoms with Crippen molar-refractivity contribution in [2.24, 2.45) is 0 Å². The molecule has 2 aliphatic rings. The summed E-state index contributed by atoms with van der Waals surface area (Å²) in [5.41, 5.74) is 1.83. The lowest BCUT2D eigenvalue weighted by Gasteiger charge is -2.39. The van der Waals surface area contributed by atoms with Crippen molar-refractivity contribution in [3.63, 3.8) is 0 Å². The second kappa shape index (κ2) is 12.2. The van der Waals surface area contributed by atoms with Crippen molar-refractivity contribution < 1.29 is 45.2 Å². The highest BCUT2D eigenvalue weighted by atomic mass is 16.5. The minimum Gasteiger partial charge on any atom is -0.394 e. The van der Waals surface area contributed by atoms with Crippen LogP contribution in [-0.4, -0.2) is 104 Å². The van der Waals surface area contributed by atoms with Crippen LogP contribution in [0.4, 0.5) is 0 Å². The number of aliphatic hydroxyl groups is 7. The zero-order valence-electron chi connectivity index (χ0n) is 18.3. The predicted molar refractivity (Wildman–Crippen MR) is 120 cm³/mol. The van der Waals surface area contributed by atoms with Crippen LogP contribution in [0, 0.1) is 0 Å². The summed E-state index contributed by atoms with van der Waals surface area (Å²) < 4.78 is 11.1. The molecular weight excluding hydrogens is 432 g/mol. The summed E-state index contributed by atoms with van der Waals surface area (Å²) in [6, 6.07) is 7.66. The maximum absolute atomic E-state index is 10.1. The van der Waals surface area contributed by atoms with Gasteiger partial charge < -0.3 is 45.2 Å². The molecule has 0 aromatic heterocycles. The average Bonchev–Trinajstić information content (AvgIpc) is 2.81. The van der Waals surface area contributed by atoms with Crippen LogP contribution in [-0.2, 0) is 9.47 Å². The van der Waals surface area contributed by atoms with Gasteiger partial charge in [-0.1, -0.05) is 42.5 Å². The van der Waals surface area contributed by atoms with Gasteiger partial charge in [-0.3, -0.25) is 0 Å². The largest absolute Gasteiger partial charge is 0.394 e. The van der Waals surface area contributed by atoms with E-state index in [4.69, 9.17) is 9.47 Å². The highest BCUT2D eigenvalue weighted by Gasteiger charge is 2.42. The van der Waals surface area contributed by atoms with Gasteiger partial charge in [0.2, 0.25) is 0 Å². The number of hydrogen-bond donors (Lipinski definition) is 7. The first-order chi connectivity index (χ1) is 15.8. The molecule has 2 saturated heterocycles. The number of hydrogen-bond acceptors (Lipinski definition) is 9. The first-order valence-corrected chi connectivity index (χ1v) is 11.2. The molecule has 1 aromatic carbocycles. The average molecular weight is 467 g/mol. The number of rotatable bonds is 8. The van der Waals surface area contributed by atoms with Gasteiger partial charge in [-0.15, -0.1) is 0 Å². The SMILES string of the molecule is OCC1O[C@H](C/C=C/c2cccc(/C=C/CC3O[C@H](CO)C(O)C[C@@H]3O)c2)C(O)C(O)[C@@H]1O. The molecule has 3 rings (SSSR count). The predicted octanol–water partition coefficient (Wildman–Crippen LogP) is -0.793. The first-order valence-electron chi connectivity index (χ1n) is 11.2. The summed E-state index contributed by atoms with van der Waals surface area (Å²) in [6.45, 7) is -0.755. The Bertz CT molecular complexity index is 796. The molecule has 7 N–H and O–H groups in total. The van der Waals surface area contributed by atoms with E-state index in [0.717, 1.165) is 11.1 Å². The smallest absolute Gasteiger partial charge is 0.111 e. The Morgan fingerprint density at radius 3 is 1.82 bits per heavy atom. The van der Waals surface area contributed by atoms with Crippen LogP contribution in [0.5, 0.6) is 0 Å². The maximum Gasteiger partial charge on any atom is 0.111 e. The molecule has 0 radical (unpaired) electrons. The molecule has 9 nitrogen and oxygen atoms in total. The third-order valence-electron chi connectivity index (χ3n) is 6.13. The van der Waals surface area contributed by atoms with Gasteiger partial charge in [-0.2, -0.15) is 0 Å². The molecular formula is C24H34O9. The Labute approximate surface area is 192 Å². The van der Waals surface area contributed by atoms with Crippen LogP contribution in [0.3, 0.4) is 0 Å². The van der Waals surface area contributed by atoms with Gasteiger partial charge in [0.05, 0.1) is 37.6 Å². The fourth-order valence-corrected chi connectivity index (χ4v) is 4.15. The first kappa shape index (κ1) is 26.0. The topological polar surface area (TPSA) is 160 Å². The Morgan fingerprint density at radius 2 is 1.21 bits per heavy atom. The van der Waals surface area contributed by atoms with E-state index >= 15 is 0 Å². The van der Waals surface area contributed by atoms with E-state index in [0.29, 0.717) is 6.42 Å². The van der Waals surface area contributed by atoms with Crippen molar-refractivity contribution in [2.45, 2.75) is 74.2 Å². The standard InChI is InChI=1S/C24H34O9/c25-12-20-17(28)11-16(27)18(32-20)8-2-6-14-4-1-5-15(10-14)7-3-9-19-22(29)24(31)23(30)21(13-26)33-19/h1-7,10,16-31H,8-9,11-13H2/b6-2+,7-3+/t16-,17?,18?,19+,20+,21?,22?,23+,24?/m0/s1. The molecule has 2 aliphatic heterocycles. The Morgan fingerprint density at radius 1 is 0.697 bits per heavy atom.